The number of nitriles is 1. The van der Waals surface area contributed by atoms with Gasteiger partial charge in [-0.1, -0.05) is 43.5 Å². The molecule has 0 amide bonds. The van der Waals surface area contributed by atoms with Crippen molar-refractivity contribution in [2.75, 3.05) is 7.05 Å². The molecule has 1 saturated carbocycles. The molecule has 1 fully saturated rings. The summed E-state index contributed by atoms with van der Waals surface area (Å²) in [7, 11) is 2.24. The fourth-order valence-electron chi connectivity index (χ4n) is 2.79. The molecular formula is C16H22N2. The van der Waals surface area contributed by atoms with E-state index in [1.54, 1.807) is 0 Å². The van der Waals surface area contributed by atoms with Gasteiger partial charge in [0.05, 0.1) is 12.5 Å². The Labute approximate surface area is 110 Å². The van der Waals surface area contributed by atoms with Crippen LogP contribution in [0.2, 0.25) is 0 Å². The van der Waals surface area contributed by atoms with Crippen LogP contribution in [-0.2, 0) is 13.0 Å². The molecule has 0 radical (unpaired) electrons. The van der Waals surface area contributed by atoms with Crippen molar-refractivity contribution in [3.63, 3.8) is 0 Å². The van der Waals surface area contributed by atoms with Crippen LogP contribution in [0.4, 0.5) is 0 Å². The second-order valence-corrected chi connectivity index (χ2v) is 5.36. The van der Waals surface area contributed by atoms with Gasteiger partial charge < -0.3 is 0 Å². The topological polar surface area (TPSA) is 27.0 Å². The molecule has 0 unspecified atom stereocenters. The maximum atomic E-state index is 8.65. The molecule has 0 heterocycles. The number of nitrogens with zero attached hydrogens (tertiary/aromatic N) is 2. The van der Waals surface area contributed by atoms with Crippen molar-refractivity contribution in [2.45, 2.75) is 51.1 Å². The number of hydrogen-bond donors (Lipinski definition) is 0. The van der Waals surface area contributed by atoms with E-state index < -0.39 is 0 Å². The highest BCUT2D eigenvalue weighted by molar-refractivity contribution is 5.24. The van der Waals surface area contributed by atoms with E-state index in [-0.39, 0.29) is 0 Å². The summed E-state index contributed by atoms with van der Waals surface area (Å²) < 4.78 is 0. The van der Waals surface area contributed by atoms with Crippen molar-refractivity contribution in [1.29, 1.82) is 5.26 Å². The molecular weight excluding hydrogens is 220 g/mol. The Morgan fingerprint density at radius 1 is 1.11 bits per heavy atom. The minimum Gasteiger partial charge on any atom is -0.299 e. The van der Waals surface area contributed by atoms with Crippen molar-refractivity contribution < 1.29 is 0 Å². The van der Waals surface area contributed by atoms with Crippen LogP contribution in [-0.4, -0.2) is 18.0 Å². The summed E-state index contributed by atoms with van der Waals surface area (Å²) in [4.78, 5) is 2.48. The van der Waals surface area contributed by atoms with E-state index in [1.807, 2.05) is 0 Å². The van der Waals surface area contributed by atoms with E-state index in [9.17, 15) is 0 Å². The Balaban J connectivity index is 1.90. The van der Waals surface area contributed by atoms with Crippen LogP contribution in [0.25, 0.3) is 0 Å². The first-order valence-electron chi connectivity index (χ1n) is 6.94. The average molecular weight is 242 g/mol. The minimum absolute atomic E-state index is 0.513. The molecule has 1 aliphatic rings. The van der Waals surface area contributed by atoms with E-state index in [2.05, 4.69) is 42.3 Å². The van der Waals surface area contributed by atoms with Gasteiger partial charge in [-0.05, 0) is 31.0 Å². The molecule has 1 aliphatic carbocycles. The fraction of sp³-hybridized carbons (Fsp3) is 0.562. The first kappa shape index (κ1) is 13.1. The predicted octanol–water partition coefficient (Wildman–Crippen LogP) is 3.52. The molecule has 2 heteroatoms. The first-order valence-corrected chi connectivity index (χ1v) is 6.94. The van der Waals surface area contributed by atoms with Gasteiger partial charge in [0.25, 0.3) is 0 Å². The van der Waals surface area contributed by atoms with Gasteiger partial charge in [-0.15, -0.1) is 0 Å². The van der Waals surface area contributed by atoms with Gasteiger partial charge in [0.15, 0.2) is 0 Å². The van der Waals surface area contributed by atoms with Crippen molar-refractivity contribution in [2.24, 2.45) is 0 Å². The third-order valence-electron chi connectivity index (χ3n) is 3.94. The van der Waals surface area contributed by atoms with Crippen molar-refractivity contribution in [3.05, 3.63) is 35.4 Å². The lowest BCUT2D eigenvalue weighted by molar-refractivity contribution is 0.184. The summed E-state index contributed by atoms with van der Waals surface area (Å²) in [6.45, 7) is 1.03. The van der Waals surface area contributed by atoms with Crippen LogP contribution in [0.5, 0.6) is 0 Å². The minimum atomic E-state index is 0.513. The largest absolute Gasteiger partial charge is 0.299 e. The summed E-state index contributed by atoms with van der Waals surface area (Å²) in [6, 6.07) is 11.4. The summed E-state index contributed by atoms with van der Waals surface area (Å²) in [6.07, 6.45) is 7.39. The molecule has 0 N–H and O–H groups in total. The maximum absolute atomic E-state index is 8.65. The molecule has 2 nitrogen and oxygen atoms in total. The highest BCUT2D eigenvalue weighted by atomic mass is 15.1. The summed E-state index contributed by atoms with van der Waals surface area (Å²) in [5.74, 6) is 0. The number of benzene rings is 1. The molecule has 0 spiro atoms. The molecule has 0 atom stereocenters. The van der Waals surface area contributed by atoms with Gasteiger partial charge in [0, 0.05) is 12.6 Å². The summed E-state index contributed by atoms with van der Waals surface area (Å²) >= 11 is 0. The number of rotatable bonds is 4. The van der Waals surface area contributed by atoms with E-state index in [0.29, 0.717) is 6.42 Å². The van der Waals surface area contributed by atoms with Crippen molar-refractivity contribution in [1.82, 2.24) is 4.90 Å². The standard InChI is InChI=1S/C16H22N2/c1-18(16-5-3-2-4-6-16)13-15-9-7-14(8-10-15)11-12-17/h7-10,16H,2-6,11,13H2,1H3. The van der Waals surface area contributed by atoms with Crippen LogP contribution >= 0.6 is 0 Å². The van der Waals surface area contributed by atoms with Crippen LogP contribution in [0.1, 0.15) is 43.2 Å². The van der Waals surface area contributed by atoms with Crippen LogP contribution in [0, 0.1) is 11.3 Å². The molecule has 18 heavy (non-hydrogen) atoms. The van der Waals surface area contributed by atoms with Crippen LogP contribution in [0.15, 0.2) is 24.3 Å². The second kappa shape index (κ2) is 6.56. The predicted molar refractivity (Wildman–Crippen MR) is 74.1 cm³/mol. The van der Waals surface area contributed by atoms with E-state index in [0.717, 1.165) is 18.2 Å². The smallest absolute Gasteiger partial charge is 0.0669 e. The van der Waals surface area contributed by atoms with E-state index in [4.69, 9.17) is 5.26 Å². The zero-order chi connectivity index (χ0) is 12.8. The van der Waals surface area contributed by atoms with Gasteiger partial charge >= 0.3 is 0 Å². The number of hydrogen-bond acceptors (Lipinski definition) is 2. The Hall–Kier alpha value is -1.33. The first-order chi connectivity index (χ1) is 8.79. The highest BCUT2D eigenvalue weighted by Gasteiger charge is 2.17. The molecule has 0 aromatic heterocycles. The molecule has 96 valence electrons. The lowest BCUT2D eigenvalue weighted by atomic mass is 9.94. The van der Waals surface area contributed by atoms with Gasteiger partial charge in [0.1, 0.15) is 0 Å². The van der Waals surface area contributed by atoms with Gasteiger partial charge in [-0.2, -0.15) is 5.26 Å². The molecule has 0 saturated heterocycles. The quantitative estimate of drug-likeness (QED) is 0.807. The molecule has 0 aliphatic heterocycles. The van der Waals surface area contributed by atoms with Crippen molar-refractivity contribution >= 4 is 0 Å². The molecule has 2 rings (SSSR count). The molecule has 1 aromatic rings. The van der Waals surface area contributed by atoms with Gasteiger partial charge in [0.2, 0.25) is 0 Å². The Morgan fingerprint density at radius 2 is 1.72 bits per heavy atom. The maximum Gasteiger partial charge on any atom is 0.0669 e. The lowest BCUT2D eigenvalue weighted by Gasteiger charge is -2.31. The third-order valence-corrected chi connectivity index (χ3v) is 3.94. The van der Waals surface area contributed by atoms with E-state index >= 15 is 0 Å². The Morgan fingerprint density at radius 3 is 2.33 bits per heavy atom. The Bertz CT molecular complexity index is 396. The monoisotopic (exact) mass is 242 g/mol. The SMILES string of the molecule is CN(Cc1ccc(CC#N)cc1)C1CCCCC1. The molecule has 1 aromatic carbocycles. The van der Waals surface area contributed by atoms with Gasteiger partial charge in [-0.25, -0.2) is 0 Å². The zero-order valence-corrected chi connectivity index (χ0v) is 11.2. The van der Waals surface area contributed by atoms with E-state index in [1.165, 1.54) is 37.7 Å². The lowest BCUT2D eigenvalue weighted by Crippen LogP contribution is -2.32. The zero-order valence-electron chi connectivity index (χ0n) is 11.2. The summed E-state index contributed by atoms with van der Waals surface area (Å²) in [5.41, 5.74) is 2.46. The second-order valence-electron chi connectivity index (χ2n) is 5.36. The van der Waals surface area contributed by atoms with Crippen LogP contribution in [0.3, 0.4) is 0 Å². The fourth-order valence-corrected chi connectivity index (χ4v) is 2.79. The van der Waals surface area contributed by atoms with Crippen molar-refractivity contribution in [3.8, 4) is 6.07 Å². The molecule has 0 bridgehead atoms. The highest BCUT2D eigenvalue weighted by Crippen LogP contribution is 2.22. The summed E-state index contributed by atoms with van der Waals surface area (Å²) in [5, 5.41) is 8.65. The average Bonchev–Trinajstić information content (AvgIpc) is 2.42. The normalized spacial score (nSPS) is 16.7. The third kappa shape index (κ3) is 3.58. The van der Waals surface area contributed by atoms with Crippen LogP contribution < -0.4 is 0 Å². The van der Waals surface area contributed by atoms with Gasteiger partial charge in [-0.3, -0.25) is 4.90 Å². The Kier molecular flexibility index (Phi) is 4.78.